The standard InChI is InChI=1S/C51H64N8O10S/c1-5-50(3,28-53-38-20-12-19-37-43(38)48(64)59(47(37)63)39-21-22-41(60)54-46(39)62)29-69-31-51(4,6-2)30-68-24-23-52-45(61)40-26-42(56-58(40)27-32-13-8-7-9-14-32)70(66,67)57-49(65)55-44-35-17-10-15-33(35)25-34-16-11-18-36(34)44/h7-9,12-14,19-20,25-26,33,35,39,53H,5-6,10-11,15-18,21-24,27-31H2,1-4H3,(H,52,61)(H,54,60,62)(H2,55,57,65). The van der Waals surface area contributed by atoms with Crippen molar-refractivity contribution >= 4 is 51.3 Å². The van der Waals surface area contributed by atoms with Gasteiger partial charge in [-0.05, 0) is 86.1 Å². The Labute approximate surface area is 408 Å². The Hall–Kier alpha value is -6.18. The molecule has 1 aromatic heterocycles. The van der Waals surface area contributed by atoms with Crippen LogP contribution in [0.3, 0.4) is 0 Å². The lowest BCUT2D eigenvalue weighted by atomic mass is 9.82. The van der Waals surface area contributed by atoms with Crippen LogP contribution in [0.1, 0.15) is 129 Å². The fraction of sp³-hybridized carbons (Fsp3) is 0.510. The summed E-state index contributed by atoms with van der Waals surface area (Å²) in [6.45, 7) is 10.1. The van der Waals surface area contributed by atoms with Gasteiger partial charge in [-0.25, -0.2) is 9.52 Å². The van der Waals surface area contributed by atoms with Gasteiger partial charge >= 0.3 is 6.03 Å². The third-order valence-corrected chi connectivity index (χ3v) is 15.8. The van der Waals surface area contributed by atoms with Crippen molar-refractivity contribution in [2.75, 3.05) is 44.8 Å². The van der Waals surface area contributed by atoms with E-state index < -0.39 is 56.7 Å². The fourth-order valence-electron chi connectivity index (χ4n) is 10.0. The first kappa shape index (κ1) is 50.2. The zero-order valence-corrected chi connectivity index (χ0v) is 41.2. The Kier molecular flexibility index (Phi) is 15.1. The molecular formula is C51H64N8O10S. The summed E-state index contributed by atoms with van der Waals surface area (Å²) in [5, 5.41) is 15.2. The quantitative estimate of drug-likeness (QED) is 0.0627. The number of piperidine rings is 1. The van der Waals surface area contributed by atoms with Gasteiger partial charge in [-0.15, -0.1) is 0 Å². The van der Waals surface area contributed by atoms with Gasteiger partial charge in [0.25, 0.3) is 27.7 Å². The molecule has 70 heavy (non-hydrogen) atoms. The minimum atomic E-state index is -4.48. The maximum absolute atomic E-state index is 13.7. The number of allylic oxidation sites excluding steroid dienone is 4. The number of hydrogen-bond donors (Lipinski definition) is 5. The fourth-order valence-corrected chi connectivity index (χ4v) is 10.9. The lowest BCUT2D eigenvalue weighted by molar-refractivity contribution is -0.136. The van der Waals surface area contributed by atoms with Gasteiger partial charge in [-0.2, -0.15) is 13.5 Å². The molecule has 3 aromatic rings. The van der Waals surface area contributed by atoms with Crippen molar-refractivity contribution in [2.24, 2.45) is 22.7 Å². The van der Waals surface area contributed by atoms with E-state index >= 15 is 0 Å². The zero-order chi connectivity index (χ0) is 49.8. The van der Waals surface area contributed by atoms with Gasteiger partial charge in [0.15, 0.2) is 5.03 Å². The Balaban J connectivity index is 0.828. The number of ether oxygens (including phenoxy) is 2. The van der Waals surface area contributed by atoms with E-state index in [1.807, 2.05) is 44.2 Å². The van der Waals surface area contributed by atoms with E-state index in [4.69, 9.17) is 9.47 Å². The first-order valence-electron chi connectivity index (χ1n) is 24.4. The van der Waals surface area contributed by atoms with Crippen LogP contribution < -0.4 is 26.0 Å². The van der Waals surface area contributed by atoms with E-state index in [0.29, 0.717) is 38.0 Å². The number of hydrogen-bond acceptors (Lipinski definition) is 12. The van der Waals surface area contributed by atoms with Crippen molar-refractivity contribution in [1.29, 1.82) is 0 Å². The van der Waals surface area contributed by atoms with Crippen LogP contribution in [-0.4, -0.2) is 104 Å². The highest BCUT2D eigenvalue weighted by Gasteiger charge is 2.46. The largest absolute Gasteiger partial charge is 0.384 e. The van der Waals surface area contributed by atoms with Crippen molar-refractivity contribution in [1.82, 2.24) is 35.4 Å². The number of carbonyl (C=O) groups excluding carboxylic acids is 6. The molecule has 1 saturated heterocycles. The van der Waals surface area contributed by atoms with Gasteiger partial charge in [0.2, 0.25) is 11.8 Å². The number of urea groups is 1. The van der Waals surface area contributed by atoms with E-state index in [0.717, 1.165) is 73.1 Å². The second kappa shape index (κ2) is 21.0. The predicted molar refractivity (Wildman–Crippen MR) is 259 cm³/mol. The molecule has 2 saturated carbocycles. The highest BCUT2D eigenvalue weighted by atomic mass is 32.2. The van der Waals surface area contributed by atoms with Crippen LogP contribution in [0, 0.1) is 22.7 Å². The van der Waals surface area contributed by atoms with Gasteiger partial charge in [0.05, 0.1) is 44.1 Å². The van der Waals surface area contributed by atoms with Gasteiger partial charge < -0.3 is 25.4 Å². The Bertz CT molecular complexity index is 2720. The molecule has 0 radical (unpaired) electrons. The maximum atomic E-state index is 13.7. The molecule has 5 atom stereocenters. The van der Waals surface area contributed by atoms with Crippen LogP contribution >= 0.6 is 0 Å². The van der Waals surface area contributed by atoms with Crippen LogP contribution in [0.5, 0.6) is 0 Å². The first-order chi connectivity index (χ1) is 33.5. The zero-order valence-electron chi connectivity index (χ0n) is 40.4. The van der Waals surface area contributed by atoms with E-state index in [1.165, 1.54) is 16.3 Å². The highest BCUT2D eigenvalue weighted by Crippen LogP contribution is 2.47. The highest BCUT2D eigenvalue weighted by molar-refractivity contribution is 7.90. The SMILES string of the molecule is CCC(C)(CNc1cccc2c1C(=O)N(C1CCC(=O)NC1=O)C2=O)COCC(C)(CC)COCCNC(=O)c1cc(S(=O)(=O)NC(=O)NC2=C3CCCC3=CC3CCCC23)nn1Cc1ccccc1. The van der Waals surface area contributed by atoms with Gasteiger partial charge in [-0.1, -0.05) is 76.6 Å². The summed E-state index contributed by atoms with van der Waals surface area (Å²) in [6, 6.07) is 13.5. The Morgan fingerprint density at radius 2 is 1.63 bits per heavy atom. The number of nitrogens with one attached hydrogen (secondary N) is 5. The third-order valence-electron chi connectivity index (χ3n) is 14.6. The second-order valence-corrected chi connectivity index (χ2v) is 21.5. The van der Waals surface area contributed by atoms with Crippen LogP contribution in [-0.2, 0) is 35.6 Å². The molecule has 2 aromatic carbocycles. The Morgan fingerprint density at radius 1 is 0.871 bits per heavy atom. The van der Waals surface area contributed by atoms with E-state index in [9.17, 15) is 37.2 Å². The molecular weight excluding hydrogens is 917 g/mol. The number of anilines is 1. The van der Waals surface area contributed by atoms with E-state index in [-0.39, 0.29) is 66.1 Å². The van der Waals surface area contributed by atoms with E-state index in [1.54, 1.807) is 18.2 Å². The first-order valence-corrected chi connectivity index (χ1v) is 25.9. The van der Waals surface area contributed by atoms with Crippen molar-refractivity contribution < 1.29 is 46.7 Å². The van der Waals surface area contributed by atoms with Crippen molar-refractivity contribution in [3.8, 4) is 0 Å². The molecule has 19 heteroatoms. The number of nitrogens with zero attached hydrogens (tertiary/aromatic N) is 3. The summed E-state index contributed by atoms with van der Waals surface area (Å²) in [7, 11) is -4.48. The lowest BCUT2D eigenvalue weighted by Gasteiger charge is -2.33. The Morgan fingerprint density at radius 3 is 2.39 bits per heavy atom. The predicted octanol–water partition coefficient (Wildman–Crippen LogP) is 5.82. The van der Waals surface area contributed by atoms with Gasteiger partial charge in [0.1, 0.15) is 11.7 Å². The summed E-state index contributed by atoms with van der Waals surface area (Å²) in [5.41, 5.74) is 4.12. The molecule has 2 aliphatic heterocycles. The summed E-state index contributed by atoms with van der Waals surface area (Å²) >= 11 is 0. The van der Waals surface area contributed by atoms with Gasteiger partial charge in [-0.3, -0.25) is 38.9 Å². The minimum Gasteiger partial charge on any atom is -0.384 e. The summed E-state index contributed by atoms with van der Waals surface area (Å²) < 4.78 is 43.3. The van der Waals surface area contributed by atoms with E-state index in [2.05, 4.69) is 51.0 Å². The molecule has 0 bridgehead atoms. The molecule has 7 amide bonds. The summed E-state index contributed by atoms with van der Waals surface area (Å²) in [4.78, 5) is 79.3. The number of imide groups is 2. The average molecular weight is 981 g/mol. The summed E-state index contributed by atoms with van der Waals surface area (Å²) in [5.74, 6) is -2.30. The third kappa shape index (κ3) is 10.9. The van der Waals surface area contributed by atoms with Crippen molar-refractivity contribution in [2.45, 2.75) is 110 Å². The van der Waals surface area contributed by atoms with Crippen LogP contribution in [0.4, 0.5) is 10.5 Å². The van der Waals surface area contributed by atoms with Crippen LogP contribution in [0.2, 0.25) is 0 Å². The second-order valence-electron chi connectivity index (χ2n) is 19.9. The minimum absolute atomic E-state index is 0.00238. The molecule has 18 nitrogen and oxygen atoms in total. The maximum Gasteiger partial charge on any atom is 0.332 e. The molecule has 5 unspecified atom stereocenters. The number of rotatable bonds is 21. The average Bonchev–Trinajstić information content (AvgIpc) is 4.16. The van der Waals surface area contributed by atoms with Crippen LogP contribution in [0.15, 0.2) is 82.5 Å². The molecule has 3 fully saturated rings. The molecule has 0 spiro atoms. The molecule has 374 valence electrons. The number of carbonyl (C=O) groups is 6. The topological polar surface area (TPSA) is 236 Å². The number of fused-ring (bicyclic) bond motifs is 3. The van der Waals surface area contributed by atoms with Gasteiger partial charge in [0, 0.05) is 53.7 Å². The molecule has 5 aliphatic rings. The molecule has 5 N–H and O–H groups in total. The monoisotopic (exact) mass is 980 g/mol. The number of sulfonamides is 1. The normalized spacial score (nSPS) is 21.6. The molecule has 3 heterocycles. The van der Waals surface area contributed by atoms with Crippen LogP contribution in [0.25, 0.3) is 0 Å². The number of benzene rings is 2. The van der Waals surface area contributed by atoms with Crippen molar-refractivity contribution in [3.63, 3.8) is 0 Å². The number of aromatic nitrogens is 2. The number of amides is 7. The van der Waals surface area contributed by atoms with Crippen molar-refractivity contribution in [3.05, 3.63) is 99.9 Å². The smallest absolute Gasteiger partial charge is 0.332 e. The lowest BCUT2D eigenvalue weighted by Crippen LogP contribution is -2.54. The molecule has 8 rings (SSSR count). The molecule has 3 aliphatic carbocycles. The summed E-state index contributed by atoms with van der Waals surface area (Å²) in [6.07, 6.45) is 9.77.